The molecule has 3 aromatic carbocycles. The van der Waals surface area contributed by atoms with Crippen LogP contribution in [-0.4, -0.2) is 51.7 Å². The van der Waals surface area contributed by atoms with Gasteiger partial charge in [0.2, 0.25) is 11.8 Å². The van der Waals surface area contributed by atoms with Crippen molar-refractivity contribution >= 4 is 52.0 Å². The molecule has 1 aromatic heterocycles. The average Bonchev–Trinajstić information content (AvgIpc) is 3.49. The maximum absolute atomic E-state index is 14.0. The number of nitrogens with zero attached hydrogens (tertiary/aromatic N) is 1. The van der Waals surface area contributed by atoms with E-state index >= 15 is 0 Å². The van der Waals surface area contributed by atoms with E-state index in [1.54, 1.807) is 28.8 Å². The lowest BCUT2D eigenvalue weighted by molar-refractivity contribution is -0.132. The predicted octanol–water partition coefficient (Wildman–Crippen LogP) is 4.85. The fourth-order valence-electron chi connectivity index (χ4n) is 5.82. The number of hydrogen-bond donors (Lipinski definition) is 3. The quantitative estimate of drug-likeness (QED) is 0.281. The van der Waals surface area contributed by atoms with Crippen LogP contribution in [0.15, 0.2) is 72.8 Å². The van der Waals surface area contributed by atoms with E-state index < -0.39 is 12.1 Å². The second kappa shape index (κ2) is 11.0. The van der Waals surface area contributed by atoms with E-state index in [2.05, 4.69) is 15.6 Å². The summed E-state index contributed by atoms with van der Waals surface area (Å²) < 4.78 is 0. The Labute approximate surface area is 241 Å². The summed E-state index contributed by atoms with van der Waals surface area (Å²) in [6.45, 7) is 0.325. The highest BCUT2D eigenvalue weighted by atomic mass is 35.5. The van der Waals surface area contributed by atoms with Gasteiger partial charge in [0.15, 0.2) is 0 Å². The number of aromatic amines is 1. The van der Waals surface area contributed by atoms with Crippen molar-refractivity contribution in [1.82, 2.24) is 20.5 Å². The average molecular weight is 573 g/mol. The number of aromatic nitrogens is 1. The lowest BCUT2D eigenvalue weighted by atomic mass is 9.89. The Bertz CT molecular complexity index is 1600. The van der Waals surface area contributed by atoms with E-state index in [1.165, 1.54) is 0 Å². The van der Waals surface area contributed by atoms with Crippen LogP contribution in [0.5, 0.6) is 0 Å². The highest BCUT2D eigenvalue weighted by Gasteiger charge is 2.49. The first-order valence-electron chi connectivity index (χ1n) is 13.3. The lowest BCUT2D eigenvalue weighted by Crippen LogP contribution is -2.56. The Morgan fingerprint density at radius 3 is 2.62 bits per heavy atom. The van der Waals surface area contributed by atoms with Crippen LogP contribution >= 0.6 is 23.4 Å². The van der Waals surface area contributed by atoms with Crippen LogP contribution in [0.1, 0.15) is 45.2 Å². The first-order valence-corrected chi connectivity index (χ1v) is 15.1. The largest absolute Gasteiger partial charge is 0.356 e. The zero-order valence-corrected chi connectivity index (χ0v) is 23.5. The van der Waals surface area contributed by atoms with E-state index in [0.717, 1.165) is 33.3 Å². The minimum Gasteiger partial charge on any atom is -0.356 e. The molecule has 9 heteroatoms. The Morgan fingerprint density at radius 2 is 1.82 bits per heavy atom. The topological polar surface area (TPSA) is 94.3 Å². The summed E-state index contributed by atoms with van der Waals surface area (Å²) in [5.74, 6) is -0.0472. The summed E-state index contributed by atoms with van der Waals surface area (Å²) in [4.78, 5) is 46.1. The summed E-state index contributed by atoms with van der Waals surface area (Å²) in [6, 6.07) is 21.0. The van der Waals surface area contributed by atoms with Crippen LogP contribution in [0.2, 0.25) is 5.02 Å². The first kappa shape index (κ1) is 26.5. The molecule has 3 unspecified atom stereocenters. The van der Waals surface area contributed by atoms with Crippen LogP contribution in [0, 0.1) is 0 Å². The molecule has 6 rings (SSSR count). The Morgan fingerprint density at radius 1 is 1.07 bits per heavy atom. The normalized spacial score (nSPS) is 18.1. The zero-order valence-electron chi connectivity index (χ0n) is 21.9. The fourth-order valence-corrected chi connectivity index (χ4v) is 6.42. The fraction of sp³-hybridized carbons (Fsp3) is 0.258. The van der Waals surface area contributed by atoms with Crippen molar-refractivity contribution in [2.45, 2.75) is 37.5 Å². The molecule has 40 heavy (non-hydrogen) atoms. The molecule has 2 aliphatic heterocycles. The second-order valence-corrected chi connectivity index (χ2v) is 11.6. The number of amides is 3. The molecule has 7 nitrogen and oxygen atoms in total. The van der Waals surface area contributed by atoms with Crippen molar-refractivity contribution in [3.8, 4) is 0 Å². The number of thioether (sulfide) groups is 1. The van der Waals surface area contributed by atoms with E-state index in [-0.39, 0.29) is 23.8 Å². The maximum Gasteiger partial charge on any atom is 0.255 e. The SMILES string of the molecule is CSCCC(NC(=O)C1Cc2c([nH]c3ccccc23)C2c3ccccc3C(=O)N12)C(=O)NCc1ccc(Cl)cc1. The van der Waals surface area contributed by atoms with Gasteiger partial charge in [0.25, 0.3) is 5.91 Å². The minimum atomic E-state index is -0.752. The molecule has 0 aliphatic carbocycles. The van der Waals surface area contributed by atoms with E-state index in [9.17, 15) is 14.4 Å². The molecule has 2 aliphatic rings. The molecule has 0 fully saturated rings. The van der Waals surface area contributed by atoms with Gasteiger partial charge >= 0.3 is 0 Å². The molecule has 0 saturated heterocycles. The number of para-hydroxylation sites is 1. The van der Waals surface area contributed by atoms with Gasteiger partial charge in [0.1, 0.15) is 12.1 Å². The van der Waals surface area contributed by atoms with Crippen molar-refractivity contribution in [2.24, 2.45) is 0 Å². The van der Waals surface area contributed by atoms with Crippen LogP contribution < -0.4 is 10.6 Å². The molecule has 0 saturated carbocycles. The van der Waals surface area contributed by atoms with Crippen molar-refractivity contribution in [3.63, 3.8) is 0 Å². The monoisotopic (exact) mass is 572 g/mol. The van der Waals surface area contributed by atoms with Crippen LogP contribution in [-0.2, 0) is 22.6 Å². The molecule has 3 heterocycles. The Hall–Kier alpha value is -3.75. The molecule has 3 N–H and O–H groups in total. The van der Waals surface area contributed by atoms with Gasteiger partial charge in [0, 0.05) is 40.1 Å². The smallest absolute Gasteiger partial charge is 0.255 e. The second-order valence-electron chi connectivity index (χ2n) is 10.2. The first-order chi connectivity index (χ1) is 19.5. The van der Waals surface area contributed by atoms with Gasteiger partial charge in [0.05, 0.1) is 6.04 Å². The molecule has 204 valence electrons. The number of H-pyrrole nitrogens is 1. The third-order valence-electron chi connectivity index (χ3n) is 7.78. The summed E-state index contributed by atoms with van der Waals surface area (Å²) in [5.41, 5.74) is 5.37. The van der Waals surface area contributed by atoms with Gasteiger partial charge < -0.3 is 20.5 Å². The third kappa shape index (κ3) is 4.75. The highest BCUT2D eigenvalue weighted by Crippen LogP contribution is 2.46. The Kier molecular flexibility index (Phi) is 7.29. The standard InChI is InChI=1S/C31H29ClN4O3S/c1-40-15-14-25(29(37)33-17-18-10-12-19(32)13-11-18)35-30(38)26-16-23-20-6-4-5-9-24(20)34-27(23)28-21-7-2-3-8-22(21)31(39)36(26)28/h2-13,25-26,28,34H,14-17H2,1H3,(H,33,37)(H,35,38). The molecular weight excluding hydrogens is 544 g/mol. The summed E-state index contributed by atoms with van der Waals surface area (Å²) in [7, 11) is 0. The highest BCUT2D eigenvalue weighted by molar-refractivity contribution is 7.98. The number of nitrogens with one attached hydrogen (secondary N) is 3. The molecule has 0 radical (unpaired) electrons. The van der Waals surface area contributed by atoms with Gasteiger partial charge in [-0.2, -0.15) is 11.8 Å². The van der Waals surface area contributed by atoms with Crippen LogP contribution in [0.4, 0.5) is 0 Å². The van der Waals surface area contributed by atoms with Gasteiger partial charge in [-0.3, -0.25) is 14.4 Å². The number of rotatable bonds is 8. The van der Waals surface area contributed by atoms with Crippen LogP contribution in [0.3, 0.4) is 0 Å². The summed E-state index contributed by atoms with van der Waals surface area (Å²) >= 11 is 7.59. The van der Waals surface area contributed by atoms with E-state index in [4.69, 9.17) is 11.6 Å². The van der Waals surface area contributed by atoms with Gasteiger partial charge in [-0.15, -0.1) is 0 Å². The lowest BCUT2D eigenvalue weighted by Gasteiger charge is -2.37. The number of hydrogen-bond acceptors (Lipinski definition) is 4. The number of halogens is 1. The number of carbonyl (C=O) groups is 3. The zero-order chi connectivity index (χ0) is 27.8. The molecule has 4 aromatic rings. The van der Waals surface area contributed by atoms with E-state index in [1.807, 2.05) is 66.9 Å². The van der Waals surface area contributed by atoms with Crippen LogP contribution in [0.25, 0.3) is 10.9 Å². The molecule has 0 bridgehead atoms. The van der Waals surface area contributed by atoms with E-state index in [0.29, 0.717) is 35.7 Å². The summed E-state index contributed by atoms with van der Waals surface area (Å²) in [6.07, 6.45) is 2.81. The third-order valence-corrected chi connectivity index (χ3v) is 8.67. The molecular formula is C31H29ClN4O3S. The van der Waals surface area contributed by atoms with Gasteiger partial charge in [-0.1, -0.05) is 60.1 Å². The van der Waals surface area contributed by atoms with Crippen molar-refractivity contribution in [2.75, 3.05) is 12.0 Å². The van der Waals surface area contributed by atoms with Gasteiger partial charge in [-0.25, -0.2) is 0 Å². The maximum atomic E-state index is 14.0. The number of fused-ring (bicyclic) bond motifs is 7. The number of carbonyl (C=O) groups excluding carboxylic acids is 3. The minimum absolute atomic E-state index is 0.169. The molecule has 0 spiro atoms. The van der Waals surface area contributed by atoms with Crippen molar-refractivity contribution in [1.29, 1.82) is 0 Å². The summed E-state index contributed by atoms with van der Waals surface area (Å²) in [5, 5.41) is 7.63. The number of benzene rings is 3. The Balaban J connectivity index is 1.29. The predicted molar refractivity (Wildman–Crippen MR) is 158 cm³/mol. The molecule has 3 atom stereocenters. The van der Waals surface area contributed by atoms with Gasteiger partial charge in [-0.05, 0) is 59.4 Å². The van der Waals surface area contributed by atoms with Crippen molar-refractivity contribution in [3.05, 3.63) is 106 Å². The molecule has 3 amide bonds. The van der Waals surface area contributed by atoms with Crippen molar-refractivity contribution < 1.29 is 14.4 Å².